The molecule has 0 fully saturated rings. The third kappa shape index (κ3) is 3.82. The van der Waals surface area contributed by atoms with Gasteiger partial charge in [0.15, 0.2) is 0 Å². The normalized spacial score (nSPS) is 19.9. The third-order valence-corrected chi connectivity index (χ3v) is 3.10. The highest BCUT2D eigenvalue weighted by Gasteiger charge is 2.07. The quantitative estimate of drug-likeness (QED) is 0.535. The maximum Gasteiger partial charge on any atom is 0.0716 e. The molecule has 1 aliphatic carbocycles. The summed E-state index contributed by atoms with van der Waals surface area (Å²) in [4.78, 5) is 0. The fraction of sp³-hybridized carbons (Fsp3) is 0.467. The standard InChI is InChI=1S/C15H20O/c1-3-7-14(8-4-1)11-12-16-13-15-9-5-2-6-10-15/h2-3,5-7,9-10,14H,1,4,8,11-13H2. The van der Waals surface area contributed by atoms with Crippen molar-refractivity contribution in [1.82, 2.24) is 0 Å². The molecule has 0 bridgehead atoms. The van der Waals surface area contributed by atoms with Gasteiger partial charge in [0.05, 0.1) is 6.61 Å². The third-order valence-electron chi connectivity index (χ3n) is 3.10. The van der Waals surface area contributed by atoms with Gasteiger partial charge in [-0.2, -0.15) is 0 Å². The Labute approximate surface area is 98.1 Å². The monoisotopic (exact) mass is 216 g/mol. The summed E-state index contributed by atoms with van der Waals surface area (Å²) in [7, 11) is 0. The van der Waals surface area contributed by atoms with Gasteiger partial charge in [-0.15, -0.1) is 0 Å². The molecule has 0 spiro atoms. The van der Waals surface area contributed by atoms with Crippen LogP contribution in [0.15, 0.2) is 42.5 Å². The van der Waals surface area contributed by atoms with Crippen LogP contribution in [-0.2, 0) is 11.3 Å². The summed E-state index contributed by atoms with van der Waals surface area (Å²) >= 11 is 0. The molecule has 1 unspecified atom stereocenters. The second-order valence-corrected chi connectivity index (χ2v) is 4.45. The minimum atomic E-state index is 0.747. The predicted octanol–water partition coefficient (Wildman–Crippen LogP) is 3.95. The van der Waals surface area contributed by atoms with E-state index in [0.717, 1.165) is 19.1 Å². The van der Waals surface area contributed by atoms with E-state index >= 15 is 0 Å². The number of allylic oxidation sites excluding steroid dienone is 2. The second-order valence-electron chi connectivity index (χ2n) is 4.45. The first-order chi connectivity index (χ1) is 7.95. The smallest absolute Gasteiger partial charge is 0.0716 e. The van der Waals surface area contributed by atoms with Gasteiger partial charge < -0.3 is 4.74 Å². The van der Waals surface area contributed by atoms with Crippen LogP contribution in [0.2, 0.25) is 0 Å². The van der Waals surface area contributed by atoms with Gasteiger partial charge in [-0.1, -0.05) is 42.5 Å². The zero-order valence-electron chi connectivity index (χ0n) is 9.77. The lowest BCUT2D eigenvalue weighted by Gasteiger charge is -2.15. The van der Waals surface area contributed by atoms with Crippen molar-refractivity contribution in [2.75, 3.05) is 6.61 Å². The number of hydrogen-bond donors (Lipinski definition) is 0. The van der Waals surface area contributed by atoms with E-state index in [2.05, 4.69) is 36.4 Å². The molecule has 1 nitrogen and oxygen atoms in total. The van der Waals surface area contributed by atoms with Crippen LogP contribution in [0.5, 0.6) is 0 Å². The van der Waals surface area contributed by atoms with Crippen molar-refractivity contribution in [3.63, 3.8) is 0 Å². The number of ether oxygens (including phenoxy) is 1. The number of benzene rings is 1. The zero-order valence-corrected chi connectivity index (χ0v) is 9.77. The van der Waals surface area contributed by atoms with Gasteiger partial charge in [0.25, 0.3) is 0 Å². The van der Waals surface area contributed by atoms with Crippen LogP contribution >= 0.6 is 0 Å². The molecule has 0 saturated carbocycles. The predicted molar refractivity (Wildman–Crippen MR) is 67.2 cm³/mol. The van der Waals surface area contributed by atoms with E-state index in [4.69, 9.17) is 4.74 Å². The molecule has 86 valence electrons. The molecule has 0 radical (unpaired) electrons. The SMILES string of the molecule is C1=CC(CCOCc2ccccc2)CCC1. The van der Waals surface area contributed by atoms with Crippen LogP contribution in [0.1, 0.15) is 31.2 Å². The van der Waals surface area contributed by atoms with Gasteiger partial charge in [-0.05, 0) is 37.2 Å². The van der Waals surface area contributed by atoms with Crippen molar-refractivity contribution in [2.24, 2.45) is 5.92 Å². The first-order valence-electron chi connectivity index (χ1n) is 6.23. The molecule has 0 N–H and O–H groups in total. The summed E-state index contributed by atoms with van der Waals surface area (Å²) in [5, 5.41) is 0. The zero-order chi connectivity index (χ0) is 11.1. The van der Waals surface area contributed by atoms with Crippen molar-refractivity contribution in [3.05, 3.63) is 48.0 Å². The van der Waals surface area contributed by atoms with Gasteiger partial charge in [0.2, 0.25) is 0 Å². The summed E-state index contributed by atoms with van der Waals surface area (Å²) in [6.45, 7) is 1.63. The van der Waals surface area contributed by atoms with E-state index in [1.54, 1.807) is 0 Å². The maximum atomic E-state index is 5.69. The molecule has 1 aliphatic rings. The van der Waals surface area contributed by atoms with E-state index < -0.39 is 0 Å². The summed E-state index contributed by atoms with van der Waals surface area (Å²) in [5.41, 5.74) is 1.27. The molecule has 0 heterocycles. The summed E-state index contributed by atoms with van der Waals surface area (Å²) in [5.74, 6) is 0.754. The highest BCUT2D eigenvalue weighted by atomic mass is 16.5. The van der Waals surface area contributed by atoms with Crippen molar-refractivity contribution in [1.29, 1.82) is 0 Å². The van der Waals surface area contributed by atoms with Gasteiger partial charge >= 0.3 is 0 Å². The summed E-state index contributed by atoms with van der Waals surface area (Å²) in [6.07, 6.45) is 9.79. The number of hydrogen-bond acceptors (Lipinski definition) is 1. The Kier molecular flexibility index (Phi) is 4.63. The van der Waals surface area contributed by atoms with Crippen LogP contribution in [0, 0.1) is 5.92 Å². The van der Waals surface area contributed by atoms with Crippen LogP contribution in [-0.4, -0.2) is 6.61 Å². The molecule has 0 saturated heterocycles. The summed E-state index contributed by atoms with van der Waals surface area (Å²) < 4.78 is 5.69. The molecule has 1 aromatic rings. The van der Waals surface area contributed by atoms with Crippen molar-refractivity contribution >= 4 is 0 Å². The molecule has 0 aromatic heterocycles. The van der Waals surface area contributed by atoms with Crippen molar-refractivity contribution < 1.29 is 4.74 Å². The lowest BCUT2D eigenvalue weighted by atomic mass is 9.93. The molecule has 16 heavy (non-hydrogen) atoms. The largest absolute Gasteiger partial charge is 0.377 e. The highest BCUT2D eigenvalue weighted by Crippen LogP contribution is 2.20. The summed E-state index contributed by atoms with van der Waals surface area (Å²) in [6, 6.07) is 10.4. The fourth-order valence-corrected chi connectivity index (χ4v) is 2.12. The maximum absolute atomic E-state index is 5.69. The Morgan fingerprint density at radius 2 is 2.06 bits per heavy atom. The minimum Gasteiger partial charge on any atom is -0.377 e. The highest BCUT2D eigenvalue weighted by molar-refractivity contribution is 5.13. The van der Waals surface area contributed by atoms with Crippen LogP contribution in [0.3, 0.4) is 0 Å². The Balaban J connectivity index is 1.61. The van der Waals surface area contributed by atoms with Crippen LogP contribution in [0.4, 0.5) is 0 Å². The van der Waals surface area contributed by atoms with E-state index in [9.17, 15) is 0 Å². The first kappa shape index (κ1) is 11.4. The molecule has 2 rings (SSSR count). The van der Waals surface area contributed by atoms with Gasteiger partial charge in [-0.3, -0.25) is 0 Å². The van der Waals surface area contributed by atoms with E-state index in [-0.39, 0.29) is 0 Å². The average molecular weight is 216 g/mol. The van der Waals surface area contributed by atoms with Crippen LogP contribution < -0.4 is 0 Å². The first-order valence-corrected chi connectivity index (χ1v) is 6.23. The molecule has 0 aliphatic heterocycles. The van der Waals surface area contributed by atoms with E-state index in [0.29, 0.717) is 0 Å². The van der Waals surface area contributed by atoms with Crippen molar-refractivity contribution in [3.8, 4) is 0 Å². The molecule has 1 aromatic carbocycles. The van der Waals surface area contributed by atoms with Gasteiger partial charge in [-0.25, -0.2) is 0 Å². The Hall–Kier alpha value is -1.08. The van der Waals surface area contributed by atoms with Gasteiger partial charge in [0, 0.05) is 6.61 Å². The molecular formula is C15H20O. The van der Waals surface area contributed by atoms with Crippen LogP contribution in [0.25, 0.3) is 0 Å². The fourth-order valence-electron chi connectivity index (χ4n) is 2.12. The molecule has 1 atom stereocenters. The molecular weight excluding hydrogens is 196 g/mol. The average Bonchev–Trinajstić information content (AvgIpc) is 2.37. The topological polar surface area (TPSA) is 9.23 Å². The van der Waals surface area contributed by atoms with Crippen molar-refractivity contribution in [2.45, 2.75) is 32.3 Å². The Morgan fingerprint density at radius 3 is 2.81 bits per heavy atom. The van der Waals surface area contributed by atoms with E-state index in [1.807, 2.05) is 6.07 Å². The minimum absolute atomic E-state index is 0.747. The second kappa shape index (κ2) is 6.49. The Morgan fingerprint density at radius 1 is 1.19 bits per heavy atom. The molecule has 1 heteroatoms. The van der Waals surface area contributed by atoms with E-state index in [1.165, 1.54) is 31.2 Å². The lowest BCUT2D eigenvalue weighted by Crippen LogP contribution is -2.05. The Bertz CT molecular complexity index is 315. The molecule has 0 amide bonds. The number of rotatable bonds is 5. The van der Waals surface area contributed by atoms with Gasteiger partial charge in [0.1, 0.15) is 0 Å². The lowest BCUT2D eigenvalue weighted by molar-refractivity contribution is 0.110.